The lowest BCUT2D eigenvalue weighted by Gasteiger charge is -2.21. The van der Waals surface area contributed by atoms with Gasteiger partial charge in [0.1, 0.15) is 50.5 Å². The molecule has 2 aromatic heterocycles. The molecule has 8 heteroatoms. The van der Waals surface area contributed by atoms with Crippen LogP contribution in [0.5, 0.6) is 0 Å². The van der Waals surface area contributed by atoms with Gasteiger partial charge in [-0.15, -0.1) is 16.4 Å². The Hall–Kier alpha value is -7.95. The Morgan fingerprint density at radius 1 is 0.479 bits per heavy atom. The molecular weight excluding hydrogens is 855 g/mol. The van der Waals surface area contributed by atoms with Gasteiger partial charge in [0.15, 0.2) is 5.76 Å². The summed E-state index contributed by atoms with van der Waals surface area (Å²) in [5, 5.41) is 9.96. The number of hydrogen-bond donors (Lipinski definition) is 0. The molecule has 0 saturated heterocycles. The molecule has 10 radical (unpaired) electrons. The maximum absolute atomic E-state index is 6.94. The van der Waals surface area contributed by atoms with Gasteiger partial charge in [-0.3, -0.25) is 0 Å². The van der Waals surface area contributed by atoms with Crippen LogP contribution in [0.25, 0.3) is 98.6 Å². The molecule has 3 nitrogen and oxygen atoms in total. The largest absolute Gasteiger partial charge is 0.454 e. The quantitative estimate of drug-likeness (QED) is 0.0891. The zero-order chi connectivity index (χ0) is 49.1. The Kier molecular flexibility index (Phi) is 11.8. The number of nitrogens with zero attached hydrogens (tertiary/aromatic N) is 2. The molecule has 0 amide bonds. The number of aliphatic imine (C=N–C) groups is 1. The maximum atomic E-state index is 6.94. The summed E-state index contributed by atoms with van der Waals surface area (Å²) in [6.07, 6.45) is 1.25. The van der Waals surface area contributed by atoms with E-state index in [1.54, 1.807) is 0 Å². The number of aromatic nitrogens is 1. The van der Waals surface area contributed by atoms with Crippen molar-refractivity contribution in [3.8, 4) is 27.9 Å². The van der Waals surface area contributed by atoms with E-state index in [0.717, 1.165) is 88.4 Å². The van der Waals surface area contributed by atoms with Crippen LogP contribution in [0.2, 0.25) is 0 Å². The van der Waals surface area contributed by atoms with Crippen LogP contribution in [0, 0.1) is 0 Å². The monoisotopic (exact) mass is 898 g/mol. The van der Waals surface area contributed by atoms with Crippen LogP contribution in [0.4, 0.5) is 5.69 Å². The number of fused-ring (bicyclic) bond motifs is 10. The fraction of sp³-hybridized carbons (Fsp3) is 0.0635. The first-order valence-corrected chi connectivity index (χ1v) is 23.9. The second-order valence-corrected chi connectivity index (χ2v) is 18.1. The van der Waals surface area contributed by atoms with Crippen LogP contribution in [0.1, 0.15) is 44.1 Å². The molecule has 0 atom stereocenters. The van der Waals surface area contributed by atoms with Crippen molar-refractivity contribution < 1.29 is 4.42 Å². The standard InChI is InChI=1S/C60H35B5N2O.C3H8/c1-33(35-15-5-3-6-16-35)60-59(66-34(2)36-17-7-4-8-18-36)44-27-25-37(30-52(44)68-60)45-31-46-41-21-11-9-19-39(41)40-20-10-12-22-42(40)47(46)32-51(45)67-49-24-14-13-23-43(49)48-29-38(26-28-50(48)67)53-54(61)56(63)58(65)57(64)55(53)62;1-3-2/h3-32H,1H2,2H3;3H2,1-2H3. The lowest BCUT2D eigenvalue weighted by atomic mass is 9.59. The highest BCUT2D eigenvalue weighted by Crippen LogP contribution is 2.46. The SMILES string of the molecule is CCC.[B]c1c([B])c([B])c(-c2ccc3c(c2)c2ccccc2n3-c2cc3c4ccccc4c4ccccc4c3cc2-c2ccc3c(N=C(C)c4ccccc4)c(C(=C)c4ccccc4)oc3c2)c([B])c1[B]. The average Bonchev–Trinajstić information content (AvgIpc) is 3.94. The highest BCUT2D eigenvalue weighted by Gasteiger charge is 2.23. The van der Waals surface area contributed by atoms with Crippen molar-refractivity contribution >= 4 is 149 Å². The molecule has 0 fully saturated rings. The van der Waals surface area contributed by atoms with Crippen molar-refractivity contribution in [3.05, 3.63) is 205 Å². The van der Waals surface area contributed by atoms with E-state index in [0.29, 0.717) is 27.8 Å². The first-order valence-electron chi connectivity index (χ1n) is 23.9. The summed E-state index contributed by atoms with van der Waals surface area (Å²) in [6.45, 7) is 10.8. The first kappa shape index (κ1) is 45.5. The van der Waals surface area contributed by atoms with Gasteiger partial charge in [0.25, 0.3) is 0 Å². The predicted octanol–water partition coefficient (Wildman–Crippen LogP) is 11.9. The predicted molar refractivity (Wildman–Crippen MR) is 310 cm³/mol. The Bertz CT molecular complexity index is 4100. The van der Waals surface area contributed by atoms with E-state index < -0.39 is 0 Å². The van der Waals surface area contributed by atoms with Crippen molar-refractivity contribution in [2.45, 2.75) is 27.2 Å². The van der Waals surface area contributed by atoms with E-state index >= 15 is 0 Å². The molecule has 0 aliphatic carbocycles. The summed E-state index contributed by atoms with van der Waals surface area (Å²) in [7, 11) is 32.3. The summed E-state index contributed by atoms with van der Waals surface area (Å²) in [6, 6.07) is 63.6. The zero-order valence-corrected chi connectivity index (χ0v) is 39.9. The average molecular weight is 898 g/mol. The lowest BCUT2D eigenvalue weighted by molar-refractivity contribution is 0.601. The number of para-hydroxylation sites is 1. The van der Waals surface area contributed by atoms with Gasteiger partial charge >= 0.3 is 0 Å². The molecule has 0 saturated carbocycles. The van der Waals surface area contributed by atoms with E-state index in [9.17, 15) is 0 Å². The van der Waals surface area contributed by atoms with Crippen LogP contribution in [-0.2, 0) is 0 Å². The van der Waals surface area contributed by atoms with E-state index in [1.807, 2.05) is 61.5 Å². The molecule has 12 aromatic rings. The van der Waals surface area contributed by atoms with Crippen molar-refractivity contribution in [1.29, 1.82) is 0 Å². The van der Waals surface area contributed by atoms with Crippen molar-refractivity contribution in [3.63, 3.8) is 0 Å². The van der Waals surface area contributed by atoms with E-state index in [2.05, 4.69) is 152 Å². The van der Waals surface area contributed by atoms with Crippen molar-refractivity contribution in [1.82, 2.24) is 4.57 Å². The summed E-state index contributed by atoms with van der Waals surface area (Å²) in [5.41, 5.74) is 12.6. The molecular formula is C63H43B5N2O. The van der Waals surface area contributed by atoms with Gasteiger partial charge in [-0.25, -0.2) is 4.99 Å². The van der Waals surface area contributed by atoms with Crippen molar-refractivity contribution in [2.24, 2.45) is 4.99 Å². The molecule has 0 aliphatic heterocycles. The van der Waals surface area contributed by atoms with E-state index in [4.69, 9.17) is 48.6 Å². The van der Waals surface area contributed by atoms with Crippen molar-refractivity contribution in [2.75, 3.05) is 0 Å². The second-order valence-electron chi connectivity index (χ2n) is 18.1. The summed E-state index contributed by atoms with van der Waals surface area (Å²) >= 11 is 0. The van der Waals surface area contributed by atoms with Gasteiger partial charge in [0, 0.05) is 33.0 Å². The van der Waals surface area contributed by atoms with E-state index in [1.165, 1.54) is 28.0 Å². The maximum Gasteiger partial charge on any atom is 0.161 e. The minimum atomic E-state index is 0.182. The highest BCUT2D eigenvalue weighted by atomic mass is 16.3. The van der Waals surface area contributed by atoms with Crippen LogP contribution < -0.4 is 27.3 Å². The topological polar surface area (TPSA) is 30.4 Å². The minimum Gasteiger partial charge on any atom is -0.454 e. The number of rotatable bonds is 7. The Balaban J connectivity index is 0.00000178. The van der Waals surface area contributed by atoms with Crippen LogP contribution in [0.15, 0.2) is 198 Å². The van der Waals surface area contributed by atoms with Gasteiger partial charge in [0.2, 0.25) is 0 Å². The number of hydrogen-bond acceptors (Lipinski definition) is 2. The summed E-state index contributed by atoms with van der Waals surface area (Å²) < 4.78 is 9.30. The third kappa shape index (κ3) is 7.65. The Morgan fingerprint density at radius 3 is 1.59 bits per heavy atom. The fourth-order valence-corrected chi connectivity index (χ4v) is 10.2. The molecule has 71 heavy (non-hydrogen) atoms. The molecule has 0 aliphatic rings. The summed E-state index contributed by atoms with van der Waals surface area (Å²) in [4.78, 5) is 5.27. The fourth-order valence-electron chi connectivity index (χ4n) is 10.2. The van der Waals surface area contributed by atoms with Gasteiger partial charge in [0.05, 0.1) is 16.7 Å². The smallest absolute Gasteiger partial charge is 0.161 e. The zero-order valence-electron chi connectivity index (χ0n) is 39.9. The van der Waals surface area contributed by atoms with E-state index in [-0.39, 0.29) is 16.4 Å². The molecule has 0 unspecified atom stereocenters. The molecule has 0 N–H and O–H groups in total. The third-order valence-electron chi connectivity index (χ3n) is 13.6. The lowest BCUT2D eigenvalue weighted by Crippen LogP contribution is -2.55. The molecule has 0 spiro atoms. The Labute approximate surface area is 421 Å². The Morgan fingerprint density at radius 2 is 0.972 bits per heavy atom. The first-order chi connectivity index (χ1) is 34.6. The van der Waals surface area contributed by atoms with Gasteiger partial charge in [-0.1, -0.05) is 177 Å². The van der Waals surface area contributed by atoms with Crippen LogP contribution in [-0.4, -0.2) is 49.5 Å². The molecule has 12 rings (SSSR count). The number of furan rings is 1. The minimum absolute atomic E-state index is 0.182. The summed E-state index contributed by atoms with van der Waals surface area (Å²) in [5.74, 6) is 0.624. The molecule has 10 aromatic carbocycles. The van der Waals surface area contributed by atoms with Crippen LogP contribution in [0.3, 0.4) is 0 Å². The normalized spacial score (nSPS) is 11.8. The molecule has 0 bridgehead atoms. The van der Waals surface area contributed by atoms with Crippen LogP contribution >= 0.6 is 0 Å². The second kappa shape index (κ2) is 18.4. The van der Waals surface area contributed by atoms with Gasteiger partial charge < -0.3 is 8.98 Å². The van der Waals surface area contributed by atoms with Gasteiger partial charge in [-0.05, 0) is 110 Å². The number of benzene rings is 10. The molecule has 2 heterocycles. The highest BCUT2D eigenvalue weighted by molar-refractivity contribution is 6.68. The third-order valence-corrected chi connectivity index (χ3v) is 13.6. The molecule has 326 valence electrons. The van der Waals surface area contributed by atoms with Gasteiger partial charge in [-0.2, -0.15) is 0 Å².